The van der Waals surface area contributed by atoms with Crippen LogP contribution in [0.5, 0.6) is 0 Å². The molecule has 0 N–H and O–H groups in total. The van der Waals surface area contributed by atoms with E-state index in [1.807, 2.05) is 0 Å². The highest BCUT2D eigenvalue weighted by Crippen LogP contribution is 2.32. The molecule has 1 saturated carbocycles. The minimum Gasteiger partial charge on any atom is -0.0620 e. The molecular formula is C21H26. The summed E-state index contributed by atoms with van der Waals surface area (Å²) in [5.74, 6) is 0.894. The van der Waals surface area contributed by atoms with Crippen molar-refractivity contribution in [3.05, 3.63) is 59.2 Å². The molecule has 1 fully saturated rings. The van der Waals surface area contributed by atoms with Gasteiger partial charge in [-0.1, -0.05) is 80.1 Å². The highest BCUT2D eigenvalue weighted by molar-refractivity contribution is 5.71. The van der Waals surface area contributed by atoms with E-state index in [1.165, 1.54) is 66.3 Å². The van der Waals surface area contributed by atoms with Crippen molar-refractivity contribution in [1.82, 2.24) is 0 Å². The molecule has 21 heavy (non-hydrogen) atoms. The maximum Gasteiger partial charge on any atom is -0.0149 e. The van der Waals surface area contributed by atoms with Crippen molar-refractivity contribution in [2.45, 2.75) is 52.4 Å². The summed E-state index contributed by atoms with van der Waals surface area (Å²) in [7, 11) is 0. The van der Waals surface area contributed by atoms with Crippen LogP contribution in [-0.4, -0.2) is 0 Å². The molecule has 2 aromatic rings. The molecule has 0 bridgehead atoms. The maximum absolute atomic E-state index is 2.34. The van der Waals surface area contributed by atoms with Crippen LogP contribution in [0.25, 0.3) is 11.1 Å². The smallest absolute Gasteiger partial charge is 0.0149 e. The Morgan fingerprint density at radius 3 is 2.38 bits per heavy atom. The first-order valence-electron chi connectivity index (χ1n) is 8.39. The number of benzene rings is 2. The van der Waals surface area contributed by atoms with Crippen molar-refractivity contribution in [2.75, 3.05) is 0 Å². The van der Waals surface area contributed by atoms with E-state index in [4.69, 9.17) is 0 Å². The zero-order valence-corrected chi connectivity index (χ0v) is 13.4. The van der Waals surface area contributed by atoms with Crippen LogP contribution in [0.3, 0.4) is 0 Å². The fraction of sp³-hybridized carbons (Fsp3) is 0.429. The van der Waals surface area contributed by atoms with Gasteiger partial charge in [0.1, 0.15) is 0 Å². The highest BCUT2D eigenvalue weighted by atomic mass is 14.2. The molecule has 0 nitrogen and oxygen atoms in total. The molecule has 1 aliphatic carbocycles. The van der Waals surface area contributed by atoms with Gasteiger partial charge in [0.25, 0.3) is 0 Å². The van der Waals surface area contributed by atoms with Gasteiger partial charge in [-0.05, 0) is 48.4 Å². The Labute approximate surface area is 129 Å². The van der Waals surface area contributed by atoms with Crippen molar-refractivity contribution in [2.24, 2.45) is 5.92 Å². The highest BCUT2D eigenvalue weighted by Gasteiger charge is 2.16. The zero-order valence-electron chi connectivity index (χ0n) is 13.4. The van der Waals surface area contributed by atoms with E-state index in [1.54, 1.807) is 0 Å². The molecule has 0 amide bonds. The summed E-state index contributed by atoms with van der Waals surface area (Å²) >= 11 is 0. The summed E-state index contributed by atoms with van der Waals surface area (Å²) in [5.41, 5.74) is 7.14. The molecule has 0 atom stereocenters. The topological polar surface area (TPSA) is 0 Å². The van der Waals surface area contributed by atoms with Gasteiger partial charge in [0.05, 0.1) is 0 Å². The largest absolute Gasteiger partial charge is 0.0620 e. The molecule has 2 aromatic carbocycles. The van der Waals surface area contributed by atoms with Gasteiger partial charge in [-0.2, -0.15) is 0 Å². The molecule has 0 saturated heterocycles. The molecule has 0 aliphatic heterocycles. The fourth-order valence-corrected chi connectivity index (χ4v) is 3.78. The summed E-state index contributed by atoms with van der Waals surface area (Å²) in [6.07, 6.45) is 8.38. The van der Waals surface area contributed by atoms with Crippen LogP contribution in [-0.2, 0) is 6.42 Å². The van der Waals surface area contributed by atoms with E-state index in [-0.39, 0.29) is 0 Å². The average Bonchev–Trinajstić information content (AvgIpc) is 2.49. The maximum atomic E-state index is 2.34. The second-order valence-electron chi connectivity index (χ2n) is 6.68. The monoisotopic (exact) mass is 278 g/mol. The lowest BCUT2D eigenvalue weighted by molar-refractivity contribution is 0.357. The second-order valence-corrected chi connectivity index (χ2v) is 6.68. The summed E-state index contributed by atoms with van der Waals surface area (Å²) in [6, 6.07) is 15.8. The van der Waals surface area contributed by atoms with Crippen LogP contribution in [0.4, 0.5) is 0 Å². The summed E-state index contributed by atoms with van der Waals surface area (Å²) in [4.78, 5) is 0. The first kappa shape index (κ1) is 14.4. The van der Waals surface area contributed by atoms with E-state index in [0.29, 0.717) is 0 Å². The van der Waals surface area contributed by atoms with Crippen LogP contribution >= 0.6 is 0 Å². The normalized spacial score (nSPS) is 16.1. The average molecular weight is 278 g/mol. The van der Waals surface area contributed by atoms with E-state index >= 15 is 0 Å². The Morgan fingerprint density at radius 1 is 0.857 bits per heavy atom. The van der Waals surface area contributed by atoms with Gasteiger partial charge in [-0.3, -0.25) is 0 Å². The van der Waals surface area contributed by atoms with Crippen LogP contribution in [0, 0.1) is 19.8 Å². The van der Waals surface area contributed by atoms with Crippen molar-refractivity contribution in [1.29, 1.82) is 0 Å². The van der Waals surface area contributed by atoms with Crippen LogP contribution in [0.1, 0.15) is 48.8 Å². The minimum absolute atomic E-state index is 0.894. The van der Waals surface area contributed by atoms with Gasteiger partial charge in [-0.15, -0.1) is 0 Å². The predicted octanol–water partition coefficient (Wildman–Crippen LogP) is 6.09. The van der Waals surface area contributed by atoms with Crippen molar-refractivity contribution in [3.63, 3.8) is 0 Å². The number of hydrogen-bond donors (Lipinski definition) is 0. The third-order valence-electron chi connectivity index (χ3n) is 4.92. The first-order chi connectivity index (χ1) is 10.2. The van der Waals surface area contributed by atoms with Gasteiger partial charge >= 0.3 is 0 Å². The zero-order chi connectivity index (χ0) is 14.7. The minimum atomic E-state index is 0.894. The van der Waals surface area contributed by atoms with E-state index < -0.39 is 0 Å². The molecule has 0 heterocycles. The fourth-order valence-electron chi connectivity index (χ4n) is 3.78. The van der Waals surface area contributed by atoms with Crippen molar-refractivity contribution in [3.8, 4) is 11.1 Å². The molecule has 0 spiro atoms. The summed E-state index contributed by atoms with van der Waals surface area (Å²) < 4.78 is 0. The molecular weight excluding hydrogens is 252 g/mol. The Hall–Kier alpha value is -1.56. The molecule has 0 radical (unpaired) electrons. The Kier molecular flexibility index (Phi) is 4.43. The third kappa shape index (κ3) is 3.37. The Balaban J connectivity index is 1.91. The van der Waals surface area contributed by atoms with Crippen LogP contribution < -0.4 is 0 Å². The number of rotatable bonds is 3. The SMILES string of the molecule is Cc1ccc(-c2ccccc2CC2CCCCC2)c(C)c1. The van der Waals surface area contributed by atoms with Gasteiger partial charge in [-0.25, -0.2) is 0 Å². The van der Waals surface area contributed by atoms with E-state index in [2.05, 4.69) is 56.3 Å². The molecule has 0 heteroatoms. The van der Waals surface area contributed by atoms with Gasteiger partial charge in [0.15, 0.2) is 0 Å². The summed E-state index contributed by atoms with van der Waals surface area (Å²) in [6.45, 7) is 4.41. The van der Waals surface area contributed by atoms with Crippen molar-refractivity contribution >= 4 is 0 Å². The summed E-state index contributed by atoms with van der Waals surface area (Å²) in [5, 5.41) is 0. The van der Waals surface area contributed by atoms with E-state index in [9.17, 15) is 0 Å². The van der Waals surface area contributed by atoms with Crippen LogP contribution in [0.2, 0.25) is 0 Å². The molecule has 0 aromatic heterocycles. The number of hydrogen-bond acceptors (Lipinski definition) is 0. The standard InChI is InChI=1S/C21H26/c1-16-12-13-20(17(2)14-16)21-11-7-6-10-19(21)15-18-8-4-3-5-9-18/h6-7,10-14,18H,3-5,8-9,15H2,1-2H3. The lowest BCUT2D eigenvalue weighted by Gasteiger charge is -2.23. The molecule has 1 aliphatic rings. The van der Waals surface area contributed by atoms with Gasteiger partial charge < -0.3 is 0 Å². The quantitative estimate of drug-likeness (QED) is 0.637. The Bertz CT molecular complexity index is 603. The van der Waals surface area contributed by atoms with E-state index in [0.717, 1.165) is 5.92 Å². The molecule has 110 valence electrons. The predicted molar refractivity (Wildman–Crippen MR) is 91.6 cm³/mol. The van der Waals surface area contributed by atoms with Gasteiger partial charge in [0.2, 0.25) is 0 Å². The van der Waals surface area contributed by atoms with Crippen LogP contribution in [0.15, 0.2) is 42.5 Å². The molecule has 0 unspecified atom stereocenters. The first-order valence-corrected chi connectivity index (χ1v) is 8.39. The molecule has 3 rings (SSSR count). The van der Waals surface area contributed by atoms with Gasteiger partial charge in [0, 0.05) is 0 Å². The third-order valence-corrected chi connectivity index (χ3v) is 4.92. The second kappa shape index (κ2) is 6.47. The Morgan fingerprint density at radius 2 is 1.62 bits per heavy atom. The van der Waals surface area contributed by atoms with Crippen molar-refractivity contribution < 1.29 is 0 Å². The lowest BCUT2D eigenvalue weighted by atomic mass is 9.82. The lowest BCUT2D eigenvalue weighted by Crippen LogP contribution is -2.10. The number of aryl methyl sites for hydroxylation is 2.